The minimum Gasteiger partial charge on any atom is -0.332 e. The Balaban J connectivity index is 1.78. The lowest BCUT2D eigenvalue weighted by Gasteiger charge is -2.32. The van der Waals surface area contributed by atoms with E-state index in [-0.39, 0.29) is 22.7 Å². The molecule has 2 atom stereocenters. The summed E-state index contributed by atoms with van der Waals surface area (Å²) in [5.41, 5.74) is 0. The average Bonchev–Trinajstić information content (AvgIpc) is 3.17. The molecule has 1 aromatic heterocycles. The van der Waals surface area contributed by atoms with Gasteiger partial charge in [-0.3, -0.25) is 9.59 Å². The number of hydrogen-bond donors (Lipinski definition) is 0. The highest BCUT2D eigenvalue weighted by Crippen LogP contribution is 2.47. The normalized spacial score (nSPS) is 27.0. The van der Waals surface area contributed by atoms with E-state index in [0.29, 0.717) is 25.3 Å². The van der Waals surface area contributed by atoms with Gasteiger partial charge in [0.2, 0.25) is 11.8 Å². The van der Waals surface area contributed by atoms with Crippen molar-refractivity contribution in [2.24, 2.45) is 0 Å². The Morgan fingerprint density at radius 1 is 1.64 bits per heavy atom. The second kappa shape index (κ2) is 6.08. The van der Waals surface area contributed by atoms with Crippen molar-refractivity contribution in [3.05, 3.63) is 35.0 Å². The van der Waals surface area contributed by atoms with Gasteiger partial charge in [-0.2, -0.15) is 0 Å². The summed E-state index contributed by atoms with van der Waals surface area (Å²) in [7, 11) is 0. The number of rotatable bonds is 5. The summed E-state index contributed by atoms with van der Waals surface area (Å²) in [5, 5.41) is 2.01. The summed E-state index contributed by atoms with van der Waals surface area (Å²) >= 11 is 3.38. The largest absolute Gasteiger partial charge is 0.332 e. The van der Waals surface area contributed by atoms with Gasteiger partial charge in [-0.05, 0) is 24.8 Å². The van der Waals surface area contributed by atoms with Crippen LogP contribution in [-0.2, 0) is 16.1 Å². The van der Waals surface area contributed by atoms with Crippen molar-refractivity contribution in [3.63, 3.8) is 0 Å². The maximum Gasteiger partial charge on any atom is 0.246 e. The predicted octanol–water partition coefficient (Wildman–Crippen LogP) is 2.72. The Morgan fingerprint density at radius 3 is 3.14 bits per heavy atom. The zero-order chi connectivity index (χ0) is 15.7. The first kappa shape index (κ1) is 15.6. The molecule has 3 rings (SSSR count). The van der Waals surface area contributed by atoms with Crippen molar-refractivity contribution in [1.29, 1.82) is 0 Å². The summed E-state index contributed by atoms with van der Waals surface area (Å²) in [6, 6.07) is 3.69. The van der Waals surface area contributed by atoms with Gasteiger partial charge in [0.25, 0.3) is 0 Å². The standard InChI is InChI=1S/C16H20N2O2S2/c1-3-8-17(10-12-5-4-9-21-12)15(20)13-11-22-16(2)7-6-14(19)18(13)16/h3-5,9,13H,1,6-8,10-11H2,2H3. The van der Waals surface area contributed by atoms with Crippen molar-refractivity contribution in [1.82, 2.24) is 9.80 Å². The van der Waals surface area contributed by atoms with Crippen molar-refractivity contribution in [2.45, 2.75) is 37.2 Å². The van der Waals surface area contributed by atoms with E-state index in [1.165, 1.54) is 0 Å². The molecule has 3 heterocycles. The Kier molecular flexibility index (Phi) is 4.32. The zero-order valence-electron chi connectivity index (χ0n) is 12.7. The van der Waals surface area contributed by atoms with Gasteiger partial charge in [-0.25, -0.2) is 0 Å². The molecule has 0 saturated carbocycles. The van der Waals surface area contributed by atoms with E-state index >= 15 is 0 Å². The number of thiophene rings is 1. The highest BCUT2D eigenvalue weighted by atomic mass is 32.2. The summed E-state index contributed by atoms with van der Waals surface area (Å²) in [6.07, 6.45) is 3.14. The van der Waals surface area contributed by atoms with Gasteiger partial charge >= 0.3 is 0 Å². The van der Waals surface area contributed by atoms with E-state index in [1.54, 1.807) is 34.1 Å². The summed E-state index contributed by atoms with van der Waals surface area (Å²) in [5.74, 6) is 0.847. The minimum atomic E-state index is -0.329. The predicted molar refractivity (Wildman–Crippen MR) is 90.7 cm³/mol. The number of carbonyl (C=O) groups excluding carboxylic acids is 2. The SMILES string of the molecule is C=CCN(Cc1cccs1)C(=O)C1CSC2(C)CCC(=O)N12. The first-order valence-electron chi connectivity index (χ1n) is 7.43. The van der Waals surface area contributed by atoms with E-state index in [4.69, 9.17) is 0 Å². The van der Waals surface area contributed by atoms with Gasteiger partial charge in [-0.15, -0.1) is 29.7 Å². The van der Waals surface area contributed by atoms with Crippen LogP contribution < -0.4 is 0 Å². The molecule has 0 bridgehead atoms. The Bertz CT molecular complexity index is 587. The molecule has 2 aliphatic rings. The van der Waals surface area contributed by atoms with Gasteiger partial charge < -0.3 is 9.80 Å². The third kappa shape index (κ3) is 2.70. The van der Waals surface area contributed by atoms with Crippen molar-refractivity contribution in [3.8, 4) is 0 Å². The number of fused-ring (bicyclic) bond motifs is 1. The molecule has 0 aromatic carbocycles. The summed E-state index contributed by atoms with van der Waals surface area (Å²) in [4.78, 5) is 29.8. The molecule has 2 aliphatic heterocycles. The maximum absolute atomic E-state index is 13.0. The molecule has 118 valence electrons. The molecule has 4 nitrogen and oxygen atoms in total. The monoisotopic (exact) mass is 336 g/mol. The minimum absolute atomic E-state index is 0.0415. The Morgan fingerprint density at radius 2 is 2.45 bits per heavy atom. The Hall–Kier alpha value is -1.27. The van der Waals surface area contributed by atoms with Crippen LogP contribution in [-0.4, -0.2) is 44.8 Å². The topological polar surface area (TPSA) is 40.6 Å². The lowest BCUT2D eigenvalue weighted by Crippen LogP contribution is -2.51. The van der Waals surface area contributed by atoms with Crippen LogP contribution in [0.1, 0.15) is 24.6 Å². The molecule has 0 spiro atoms. The molecule has 6 heteroatoms. The van der Waals surface area contributed by atoms with Crippen LogP contribution in [0, 0.1) is 0 Å². The number of thioether (sulfide) groups is 1. The molecule has 1 aromatic rings. The molecule has 0 radical (unpaired) electrons. The molecule has 22 heavy (non-hydrogen) atoms. The lowest BCUT2D eigenvalue weighted by atomic mass is 10.2. The van der Waals surface area contributed by atoms with E-state index in [0.717, 1.165) is 11.3 Å². The molecule has 0 aliphatic carbocycles. The quantitative estimate of drug-likeness (QED) is 0.776. The van der Waals surface area contributed by atoms with Crippen LogP contribution >= 0.6 is 23.1 Å². The molecule has 2 amide bonds. The van der Waals surface area contributed by atoms with Crippen molar-refractivity contribution >= 4 is 34.9 Å². The van der Waals surface area contributed by atoms with Crippen molar-refractivity contribution in [2.75, 3.05) is 12.3 Å². The van der Waals surface area contributed by atoms with E-state index < -0.39 is 0 Å². The maximum atomic E-state index is 13.0. The molecule has 0 N–H and O–H groups in total. The first-order chi connectivity index (χ1) is 10.5. The third-order valence-electron chi connectivity index (χ3n) is 4.32. The van der Waals surface area contributed by atoms with Crippen LogP contribution in [0.25, 0.3) is 0 Å². The number of hydrogen-bond acceptors (Lipinski definition) is 4. The van der Waals surface area contributed by atoms with Gasteiger partial charge in [0.15, 0.2) is 0 Å². The molecule has 2 unspecified atom stereocenters. The number of nitrogens with zero attached hydrogens (tertiary/aromatic N) is 2. The Labute approximate surface area is 139 Å². The molecular weight excluding hydrogens is 316 g/mol. The molecule has 2 fully saturated rings. The van der Waals surface area contributed by atoms with Crippen LogP contribution in [0.15, 0.2) is 30.2 Å². The number of amides is 2. The fraction of sp³-hybridized carbons (Fsp3) is 0.500. The van der Waals surface area contributed by atoms with Crippen LogP contribution in [0.4, 0.5) is 0 Å². The van der Waals surface area contributed by atoms with Crippen LogP contribution in [0.5, 0.6) is 0 Å². The van der Waals surface area contributed by atoms with Gasteiger partial charge in [0.1, 0.15) is 6.04 Å². The smallest absolute Gasteiger partial charge is 0.246 e. The molecule has 2 saturated heterocycles. The highest BCUT2D eigenvalue weighted by molar-refractivity contribution is 8.01. The summed E-state index contributed by atoms with van der Waals surface area (Å²) in [6.45, 7) is 6.93. The fourth-order valence-corrected chi connectivity index (χ4v) is 5.34. The van der Waals surface area contributed by atoms with E-state index in [1.807, 2.05) is 22.4 Å². The van der Waals surface area contributed by atoms with E-state index in [2.05, 4.69) is 13.5 Å². The first-order valence-corrected chi connectivity index (χ1v) is 9.30. The fourth-order valence-electron chi connectivity index (χ4n) is 3.19. The molecular formula is C16H20N2O2S2. The number of carbonyl (C=O) groups is 2. The zero-order valence-corrected chi connectivity index (χ0v) is 14.3. The second-order valence-corrected chi connectivity index (χ2v) is 8.39. The average molecular weight is 336 g/mol. The van der Waals surface area contributed by atoms with Crippen LogP contribution in [0.2, 0.25) is 0 Å². The van der Waals surface area contributed by atoms with Gasteiger partial charge in [0, 0.05) is 23.6 Å². The van der Waals surface area contributed by atoms with E-state index in [9.17, 15) is 9.59 Å². The summed E-state index contributed by atoms with van der Waals surface area (Å²) < 4.78 is 0. The second-order valence-electron chi connectivity index (χ2n) is 5.85. The lowest BCUT2D eigenvalue weighted by molar-refractivity contribution is -0.143. The van der Waals surface area contributed by atoms with Crippen molar-refractivity contribution < 1.29 is 9.59 Å². The van der Waals surface area contributed by atoms with Crippen LogP contribution in [0.3, 0.4) is 0 Å². The highest BCUT2D eigenvalue weighted by Gasteiger charge is 2.53. The van der Waals surface area contributed by atoms with Gasteiger partial charge in [0.05, 0.1) is 11.4 Å². The third-order valence-corrected chi connectivity index (χ3v) is 6.68. The van der Waals surface area contributed by atoms with Gasteiger partial charge in [-0.1, -0.05) is 12.1 Å².